The van der Waals surface area contributed by atoms with E-state index in [4.69, 9.17) is 18.9 Å². The fraction of sp³-hybridized carbons (Fsp3) is 0.551. The molecule has 6 rings (SSSR count). The van der Waals surface area contributed by atoms with Gasteiger partial charge in [-0.3, -0.25) is 19.4 Å². The molecule has 5 N–H and O–H groups in total. The van der Waals surface area contributed by atoms with Gasteiger partial charge in [0.25, 0.3) is 11.7 Å². The summed E-state index contributed by atoms with van der Waals surface area (Å²) >= 11 is 0. The highest BCUT2D eigenvalue weighted by Gasteiger charge is 2.49. The van der Waals surface area contributed by atoms with Gasteiger partial charge in [-0.15, -0.1) is 5.54 Å². The molecule has 0 saturated carbocycles. The quantitative estimate of drug-likeness (QED) is 0.0502. The number of Topliss-reactive ketones (excluding diaryl/α,β-unsaturated/α-hetero) is 1. The summed E-state index contributed by atoms with van der Waals surface area (Å²) in [6, 6.07) is 0. The number of aliphatic hydroxyl groups is 2. The van der Waals surface area contributed by atoms with Crippen molar-refractivity contribution >= 4 is 48.4 Å². The van der Waals surface area contributed by atoms with E-state index >= 15 is 0 Å². The predicted molar refractivity (Wildman–Crippen MR) is 253 cm³/mol. The second-order valence-electron chi connectivity index (χ2n) is 19.6. The van der Waals surface area contributed by atoms with Crippen LogP contribution in [0.15, 0.2) is 41.2 Å². The number of hydrazone groups is 1. The number of carbonyl (C=O) groups excluding carboxylic acids is 3. The summed E-state index contributed by atoms with van der Waals surface area (Å²) in [5, 5.41) is 69.9. The maximum absolute atomic E-state index is 14.6. The lowest BCUT2D eigenvalue weighted by atomic mass is 9.78. The van der Waals surface area contributed by atoms with Crippen molar-refractivity contribution < 1.29 is 63.3 Å². The minimum atomic E-state index is -2.09. The Morgan fingerprint density at radius 3 is 2.30 bits per heavy atom. The molecule has 0 unspecified atom stereocenters. The number of aromatic hydroxyl groups is 2. The van der Waals surface area contributed by atoms with Crippen molar-refractivity contribution in [2.45, 2.75) is 105 Å². The van der Waals surface area contributed by atoms with Crippen LogP contribution in [0.3, 0.4) is 0 Å². The van der Waals surface area contributed by atoms with E-state index in [1.807, 2.05) is 0 Å². The number of carbonyl (C=O) groups is 3. The van der Waals surface area contributed by atoms with Crippen LogP contribution in [0.1, 0.15) is 70.0 Å². The normalized spacial score (nSPS) is 30.5. The van der Waals surface area contributed by atoms with Crippen molar-refractivity contribution in [2.24, 2.45) is 28.8 Å². The Hall–Kier alpha value is -5.38. The number of nitrogens with one attached hydrogen (secondary N) is 1. The van der Waals surface area contributed by atoms with Gasteiger partial charge in [0.1, 0.15) is 38.0 Å². The van der Waals surface area contributed by atoms with Crippen molar-refractivity contribution in [3.63, 3.8) is 0 Å². The van der Waals surface area contributed by atoms with Gasteiger partial charge in [-0.05, 0) is 25.5 Å². The molecule has 1 fully saturated rings. The number of nitrogens with zero attached hydrogens (tertiary/aromatic N) is 3. The van der Waals surface area contributed by atoms with E-state index in [-0.39, 0.29) is 39.1 Å². The van der Waals surface area contributed by atoms with Gasteiger partial charge in [-0.25, -0.2) is 0 Å². The number of benzene rings is 2. The Bertz CT molecular complexity index is 2390. The summed E-state index contributed by atoms with van der Waals surface area (Å²) in [5.74, 6) is -5.56. The number of allylic oxidation sites excluding steroid dienone is 2. The van der Waals surface area contributed by atoms with Gasteiger partial charge in [-0.2, -0.15) is 5.10 Å². The van der Waals surface area contributed by atoms with Crippen molar-refractivity contribution in [2.75, 3.05) is 52.2 Å². The molecule has 66 heavy (non-hydrogen) atoms. The highest BCUT2D eigenvalue weighted by atomic mass is 28.3. The fourth-order valence-corrected chi connectivity index (χ4v) is 9.31. The van der Waals surface area contributed by atoms with Crippen molar-refractivity contribution in [1.82, 2.24) is 5.01 Å². The van der Waals surface area contributed by atoms with Gasteiger partial charge in [-0.1, -0.05) is 77.2 Å². The number of amides is 1. The number of ether oxygens (including phenoxy) is 4. The van der Waals surface area contributed by atoms with Crippen LogP contribution in [0.4, 0.5) is 5.69 Å². The SMILES string of the molecule is CO[C@H]1/C=C/O[C@@]2(C)Oc3c(C)c([O-])c4c(O)c(c(/C=N/N5CC[N+](C)(CC#C[Si](C)(C)C)CC5)c(O)c4c3C2=O)NC(=O)/C(C)=C\C=C\[C@H](C)[C@H](O)[C@@H](C)[C@@H](O)[C@@H](C)[C@H](OC(C)=O)[C@@H]1C. The number of phenols is 2. The molecule has 2 aromatic carbocycles. The van der Waals surface area contributed by atoms with E-state index in [2.05, 4.69) is 48.6 Å². The molecular formula is C49H68N4O12Si. The van der Waals surface area contributed by atoms with E-state index in [0.717, 1.165) is 17.6 Å². The van der Waals surface area contributed by atoms with E-state index in [9.17, 15) is 39.9 Å². The summed E-state index contributed by atoms with van der Waals surface area (Å²) in [4.78, 5) is 40.9. The number of methoxy groups -OCH3 is 1. The number of aliphatic hydroxyl groups excluding tert-OH is 2. The number of piperazine rings is 1. The average Bonchev–Trinajstić information content (AvgIpc) is 3.51. The van der Waals surface area contributed by atoms with Crippen LogP contribution in [0.25, 0.3) is 10.8 Å². The molecule has 0 aliphatic carbocycles. The number of phenolic OH excluding ortho intramolecular Hbond substituents is 2. The number of hydrogen-bond donors (Lipinski definition) is 5. The Labute approximate surface area is 389 Å². The second kappa shape index (κ2) is 20.2. The third kappa shape index (κ3) is 10.9. The number of rotatable bonds is 5. The summed E-state index contributed by atoms with van der Waals surface area (Å²) in [5.41, 5.74) is 2.83. The first-order valence-corrected chi connectivity index (χ1v) is 25.9. The molecular weight excluding hydrogens is 865 g/mol. The minimum Gasteiger partial charge on any atom is -0.872 e. The monoisotopic (exact) mass is 932 g/mol. The molecule has 360 valence electrons. The van der Waals surface area contributed by atoms with Crippen LogP contribution in [0.5, 0.6) is 23.0 Å². The molecule has 16 nitrogen and oxygen atoms in total. The Kier molecular flexibility index (Phi) is 15.8. The van der Waals surface area contributed by atoms with Crippen LogP contribution >= 0.6 is 0 Å². The van der Waals surface area contributed by atoms with Crippen LogP contribution in [-0.2, 0) is 23.8 Å². The highest BCUT2D eigenvalue weighted by molar-refractivity contribution is 6.83. The zero-order valence-corrected chi connectivity index (χ0v) is 41.5. The van der Waals surface area contributed by atoms with Crippen LogP contribution in [-0.4, -0.2) is 139 Å². The maximum atomic E-state index is 14.6. The molecule has 2 aromatic rings. The third-order valence-electron chi connectivity index (χ3n) is 13.1. The standard InChI is InChI=1S/C49H68N4O12Si/c1-27-16-14-17-28(2)48(61)51-39-34(26-50-52-19-22-53(9,23-20-52)21-15-25-66(11,12)13)43(58)36-37(44(39)59)42(57)32(6)46-38(36)47(60)49(8,65-46)63-24-18-35(62-10)29(3)45(64-33(7)54)31(5)41(56)30(4)40(27)55/h14,16-18,24,26-27,29-31,35,40-41,45,55-56H,19-23H2,1-13H3,(H3-,50,51,57,58,59,60,61)/b16-14+,24-18+,28-17-/t27-,29+,30+,31+,35-,40-,41+,45+,49-/m0/s1. The lowest BCUT2D eigenvalue weighted by Gasteiger charge is -2.39. The van der Waals surface area contributed by atoms with Gasteiger partial charge in [0.15, 0.2) is 0 Å². The number of anilines is 1. The van der Waals surface area contributed by atoms with Crippen LogP contribution in [0.2, 0.25) is 19.6 Å². The van der Waals surface area contributed by atoms with Gasteiger partial charge >= 0.3 is 11.8 Å². The van der Waals surface area contributed by atoms with Crippen molar-refractivity contribution in [1.29, 1.82) is 0 Å². The van der Waals surface area contributed by atoms with E-state index in [1.54, 1.807) is 44.9 Å². The minimum absolute atomic E-state index is 0.0583. The molecule has 4 heterocycles. The lowest BCUT2D eigenvalue weighted by molar-refractivity contribution is -0.906. The molecule has 1 saturated heterocycles. The van der Waals surface area contributed by atoms with Gasteiger partial charge in [0.05, 0.1) is 80.8 Å². The molecule has 4 aliphatic rings. The molecule has 9 atom stereocenters. The Morgan fingerprint density at radius 1 is 1.05 bits per heavy atom. The van der Waals surface area contributed by atoms with Crippen LogP contribution < -0.4 is 15.2 Å². The smallest absolute Gasteiger partial charge is 0.312 e. The average molecular weight is 933 g/mol. The number of fused-ring (bicyclic) bond motifs is 14. The summed E-state index contributed by atoms with van der Waals surface area (Å²) in [6.07, 6.45) is 4.77. The van der Waals surface area contributed by atoms with E-state index < -0.39 is 102 Å². The first-order valence-electron chi connectivity index (χ1n) is 22.4. The van der Waals surface area contributed by atoms with Crippen LogP contribution in [0, 0.1) is 42.1 Å². The second-order valence-corrected chi connectivity index (χ2v) is 24.3. The van der Waals surface area contributed by atoms with Gasteiger partial charge in [0, 0.05) is 61.0 Å². The molecule has 0 spiro atoms. The Morgan fingerprint density at radius 2 is 1.70 bits per heavy atom. The Balaban J connectivity index is 1.66. The zero-order valence-electron chi connectivity index (χ0n) is 40.5. The molecule has 1 amide bonds. The molecule has 5 bridgehead atoms. The number of hydrogen-bond acceptors (Lipinski definition) is 14. The largest absolute Gasteiger partial charge is 0.872 e. The number of esters is 1. The fourth-order valence-electron chi connectivity index (χ4n) is 8.70. The van der Waals surface area contributed by atoms with Crippen molar-refractivity contribution in [3.8, 4) is 34.5 Å². The molecule has 17 heteroatoms. The molecule has 4 aliphatic heterocycles. The summed E-state index contributed by atoms with van der Waals surface area (Å²) in [6.45, 7) is 22.3. The maximum Gasteiger partial charge on any atom is 0.312 e. The van der Waals surface area contributed by atoms with Crippen molar-refractivity contribution in [3.05, 3.63) is 52.8 Å². The highest BCUT2D eigenvalue weighted by Crippen LogP contribution is 2.54. The first-order chi connectivity index (χ1) is 30.8. The number of quaternary nitrogens is 1. The predicted octanol–water partition coefficient (Wildman–Crippen LogP) is 5.10. The molecule has 0 aromatic heterocycles. The number of ketones is 1. The topological polar surface area (TPSA) is 220 Å². The van der Waals surface area contributed by atoms with Gasteiger partial charge in [0.2, 0.25) is 0 Å². The first kappa shape index (κ1) is 51.6. The summed E-state index contributed by atoms with van der Waals surface area (Å²) in [7, 11) is 2.03. The molecule has 0 radical (unpaired) electrons. The third-order valence-corrected chi connectivity index (χ3v) is 14.0. The van der Waals surface area contributed by atoms with E-state index in [1.165, 1.54) is 59.4 Å². The van der Waals surface area contributed by atoms with Gasteiger partial charge < -0.3 is 54.3 Å². The number of likely N-dealkylation sites (N-methyl/N-ethyl adjacent to an activating group) is 1. The summed E-state index contributed by atoms with van der Waals surface area (Å²) < 4.78 is 24.4. The lowest BCUT2D eigenvalue weighted by Crippen LogP contribution is -2.56. The zero-order chi connectivity index (χ0) is 49.2. The van der Waals surface area contributed by atoms with E-state index in [0.29, 0.717) is 19.6 Å².